The number of hydrogen-bond acceptors (Lipinski definition) is 3. The van der Waals surface area contributed by atoms with Gasteiger partial charge in [-0.3, -0.25) is 0 Å². The van der Waals surface area contributed by atoms with E-state index in [1.807, 2.05) is 12.1 Å². The van der Waals surface area contributed by atoms with Crippen molar-refractivity contribution in [3.8, 4) is 0 Å². The zero-order valence-corrected chi connectivity index (χ0v) is 9.20. The van der Waals surface area contributed by atoms with E-state index >= 15 is 0 Å². The second-order valence-electron chi connectivity index (χ2n) is 4.41. The van der Waals surface area contributed by atoms with Gasteiger partial charge in [-0.25, -0.2) is 0 Å². The smallest absolute Gasteiger partial charge is 0.138 e. The minimum Gasteiger partial charge on any atom is -0.459 e. The lowest BCUT2D eigenvalue weighted by Gasteiger charge is -1.98. The molecule has 0 spiro atoms. The molecule has 1 fully saturated rings. The third-order valence-electron chi connectivity index (χ3n) is 3.04. The Morgan fingerprint density at radius 1 is 1.38 bits per heavy atom. The van der Waals surface area contributed by atoms with Crippen LogP contribution in [0.25, 0.3) is 11.0 Å². The van der Waals surface area contributed by atoms with Crippen LogP contribution in [0.2, 0.25) is 0 Å². The normalized spacial score (nSPS) is 15.8. The molecule has 3 rings (SSSR count). The van der Waals surface area contributed by atoms with Gasteiger partial charge in [-0.1, -0.05) is 18.2 Å². The largest absolute Gasteiger partial charge is 0.459 e. The van der Waals surface area contributed by atoms with E-state index in [0.29, 0.717) is 12.6 Å². The molecule has 0 aliphatic heterocycles. The number of para-hydroxylation sites is 1. The van der Waals surface area contributed by atoms with Gasteiger partial charge in [0, 0.05) is 23.5 Å². The van der Waals surface area contributed by atoms with Crippen molar-refractivity contribution in [1.29, 1.82) is 0 Å². The summed E-state index contributed by atoms with van der Waals surface area (Å²) in [5.74, 6) is 1.00. The van der Waals surface area contributed by atoms with Crippen molar-refractivity contribution in [1.82, 2.24) is 5.32 Å². The highest BCUT2D eigenvalue weighted by atomic mass is 16.3. The van der Waals surface area contributed by atoms with E-state index in [0.717, 1.165) is 28.8 Å². The highest BCUT2D eigenvalue weighted by Gasteiger charge is 2.20. The number of furan rings is 1. The number of nitrogens with one attached hydrogen (secondary N) is 1. The Labute approximate surface area is 94.6 Å². The van der Waals surface area contributed by atoms with Crippen molar-refractivity contribution >= 4 is 11.0 Å². The molecule has 3 nitrogen and oxygen atoms in total. The molecule has 16 heavy (non-hydrogen) atoms. The first-order valence-electron chi connectivity index (χ1n) is 5.80. The Bertz CT molecular complexity index is 500. The third-order valence-corrected chi connectivity index (χ3v) is 3.04. The Balaban J connectivity index is 1.88. The van der Waals surface area contributed by atoms with E-state index < -0.39 is 0 Å². The number of rotatable bonds is 4. The van der Waals surface area contributed by atoms with Crippen molar-refractivity contribution in [2.75, 3.05) is 0 Å². The Morgan fingerprint density at radius 2 is 2.25 bits per heavy atom. The Hall–Kier alpha value is -1.32. The van der Waals surface area contributed by atoms with Crippen molar-refractivity contribution in [3.05, 3.63) is 35.6 Å². The van der Waals surface area contributed by atoms with E-state index in [1.165, 1.54) is 12.8 Å². The average molecular weight is 216 g/mol. The maximum absolute atomic E-state index is 5.83. The maximum atomic E-state index is 5.83. The van der Waals surface area contributed by atoms with Crippen LogP contribution < -0.4 is 11.1 Å². The Kier molecular flexibility index (Phi) is 2.42. The predicted molar refractivity (Wildman–Crippen MR) is 64.0 cm³/mol. The number of fused-ring (bicyclic) bond motifs is 1. The van der Waals surface area contributed by atoms with Crippen LogP contribution in [0.15, 0.2) is 28.7 Å². The lowest BCUT2D eigenvalue weighted by Crippen LogP contribution is -2.14. The highest BCUT2D eigenvalue weighted by molar-refractivity contribution is 5.81. The molecule has 0 saturated heterocycles. The molecule has 3 heteroatoms. The fourth-order valence-electron chi connectivity index (χ4n) is 1.96. The van der Waals surface area contributed by atoms with Gasteiger partial charge in [-0.05, 0) is 18.9 Å². The zero-order valence-electron chi connectivity index (χ0n) is 9.20. The van der Waals surface area contributed by atoms with Crippen LogP contribution in [0, 0.1) is 0 Å². The first kappa shape index (κ1) is 9.87. The van der Waals surface area contributed by atoms with Gasteiger partial charge in [-0.15, -0.1) is 0 Å². The maximum Gasteiger partial charge on any atom is 0.138 e. The summed E-state index contributed by atoms with van der Waals surface area (Å²) in [7, 11) is 0. The molecule has 1 aromatic heterocycles. The zero-order chi connectivity index (χ0) is 11.0. The number of benzene rings is 1. The van der Waals surface area contributed by atoms with Crippen molar-refractivity contribution < 1.29 is 4.42 Å². The van der Waals surface area contributed by atoms with Gasteiger partial charge in [0.1, 0.15) is 11.3 Å². The molecular formula is C13H16N2O. The minimum absolute atomic E-state index is 0.528. The van der Waals surface area contributed by atoms with Crippen LogP contribution in [-0.2, 0) is 13.1 Å². The lowest BCUT2D eigenvalue weighted by molar-refractivity contribution is 0.510. The standard InChI is InChI=1S/C13H16N2O/c14-7-10-3-1-2-9-6-12(16-13(9)10)8-15-11-4-5-11/h1-3,6,11,15H,4-5,7-8,14H2. The monoisotopic (exact) mass is 216 g/mol. The van der Waals surface area contributed by atoms with Crippen LogP contribution in [0.5, 0.6) is 0 Å². The van der Waals surface area contributed by atoms with E-state index in [1.54, 1.807) is 0 Å². The fourth-order valence-corrected chi connectivity index (χ4v) is 1.96. The molecule has 0 bridgehead atoms. The summed E-state index contributed by atoms with van der Waals surface area (Å²) < 4.78 is 5.83. The second kappa shape index (κ2) is 3.92. The van der Waals surface area contributed by atoms with Crippen molar-refractivity contribution in [3.63, 3.8) is 0 Å². The molecule has 0 radical (unpaired) electrons. The van der Waals surface area contributed by atoms with Gasteiger partial charge in [-0.2, -0.15) is 0 Å². The molecule has 1 aromatic carbocycles. The molecule has 1 aliphatic carbocycles. The summed E-state index contributed by atoms with van der Waals surface area (Å²) in [6.45, 7) is 1.35. The summed E-state index contributed by atoms with van der Waals surface area (Å²) >= 11 is 0. The van der Waals surface area contributed by atoms with E-state index in [2.05, 4.69) is 17.4 Å². The van der Waals surface area contributed by atoms with Gasteiger partial charge >= 0.3 is 0 Å². The lowest BCUT2D eigenvalue weighted by atomic mass is 10.1. The molecule has 3 N–H and O–H groups in total. The first-order chi connectivity index (χ1) is 7.86. The summed E-state index contributed by atoms with van der Waals surface area (Å²) in [6.07, 6.45) is 2.60. The number of nitrogens with two attached hydrogens (primary N) is 1. The topological polar surface area (TPSA) is 51.2 Å². The van der Waals surface area contributed by atoms with Gasteiger partial charge in [0.2, 0.25) is 0 Å². The summed E-state index contributed by atoms with van der Waals surface area (Å²) in [6, 6.07) is 8.92. The molecule has 1 aliphatic rings. The van der Waals surface area contributed by atoms with Crippen LogP contribution in [-0.4, -0.2) is 6.04 Å². The summed E-state index contributed by atoms with van der Waals surface area (Å²) in [5, 5.41) is 4.59. The molecule has 2 aromatic rings. The quantitative estimate of drug-likeness (QED) is 0.823. The minimum atomic E-state index is 0.528. The van der Waals surface area contributed by atoms with Crippen LogP contribution in [0.3, 0.4) is 0 Å². The van der Waals surface area contributed by atoms with Crippen LogP contribution >= 0.6 is 0 Å². The first-order valence-corrected chi connectivity index (χ1v) is 5.80. The molecule has 0 atom stereocenters. The predicted octanol–water partition coefficient (Wildman–Crippen LogP) is 2.14. The highest BCUT2D eigenvalue weighted by Crippen LogP contribution is 2.24. The summed E-state index contributed by atoms with van der Waals surface area (Å²) in [4.78, 5) is 0. The van der Waals surface area contributed by atoms with E-state index in [4.69, 9.17) is 10.2 Å². The molecule has 0 unspecified atom stereocenters. The van der Waals surface area contributed by atoms with Gasteiger partial charge in [0.15, 0.2) is 0 Å². The van der Waals surface area contributed by atoms with Crippen molar-refractivity contribution in [2.45, 2.75) is 32.0 Å². The fraction of sp³-hybridized carbons (Fsp3) is 0.385. The molecular weight excluding hydrogens is 200 g/mol. The van der Waals surface area contributed by atoms with E-state index in [9.17, 15) is 0 Å². The van der Waals surface area contributed by atoms with Crippen LogP contribution in [0.4, 0.5) is 0 Å². The number of hydrogen-bond donors (Lipinski definition) is 2. The molecule has 0 amide bonds. The van der Waals surface area contributed by atoms with Gasteiger partial charge in [0.25, 0.3) is 0 Å². The Morgan fingerprint density at radius 3 is 3.00 bits per heavy atom. The SMILES string of the molecule is NCc1cccc2cc(CNC3CC3)oc12. The van der Waals surface area contributed by atoms with E-state index in [-0.39, 0.29) is 0 Å². The van der Waals surface area contributed by atoms with Crippen molar-refractivity contribution in [2.24, 2.45) is 5.73 Å². The third kappa shape index (κ3) is 1.84. The molecule has 1 saturated carbocycles. The average Bonchev–Trinajstić information content (AvgIpc) is 3.04. The van der Waals surface area contributed by atoms with Crippen LogP contribution in [0.1, 0.15) is 24.2 Å². The molecule has 1 heterocycles. The molecule has 84 valence electrons. The van der Waals surface area contributed by atoms with Gasteiger partial charge < -0.3 is 15.5 Å². The van der Waals surface area contributed by atoms with Gasteiger partial charge in [0.05, 0.1) is 6.54 Å². The second-order valence-corrected chi connectivity index (χ2v) is 4.41. The summed E-state index contributed by atoms with van der Waals surface area (Å²) in [5.41, 5.74) is 7.70.